The van der Waals surface area contributed by atoms with Crippen molar-refractivity contribution in [2.24, 2.45) is 0 Å². The van der Waals surface area contributed by atoms with Crippen LogP contribution >= 0.6 is 0 Å². The normalized spacial score (nSPS) is 10.5. The Kier molecular flexibility index (Phi) is 6.38. The van der Waals surface area contributed by atoms with E-state index >= 15 is 0 Å². The molecule has 0 unspecified atom stereocenters. The Bertz CT molecular complexity index is 1140. The minimum absolute atomic E-state index is 0.0101. The zero-order chi connectivity index (χ0) is 21.7. The quantitative estimate of drug-likeness (QED) is 0.601. The number of halogens is 3. The number of aryl methyl sites for hydroxylation is 1. The zero-order valence-corrected chi connectivity index (χ0v) is 15.7. The van der Waals surface area contributed by atoms with Crippen LogP contribution in [0.1, 0.15) is 16.7 Å². The monoisotopic (exact) mass is 411 g/mol. The minimum atomic E-state index is -1.24. The van der Waals surface area contributed by atoms with Crippen molar-refractivity contribution in [3.8, 4) is 22.9 Å². The molecule has 0 saturated heterocycles. The van der Waals surface area contributed by atoms with Crippen molar-refractivity contribution in [2.75, 3.05) is 6.61 Å². The average molecular weight is 411 g/mol. The van der Waals surface area contributed by atoms with Gasteiger partial charge in [-0.15, -0.1) is 0 Å². The minimum Gasteiger partial charge on any atom is -0.481 e. The summed E-state index contributed by atoms with van der Waals surface area (Å²) in [6, 6.07) is 14.3. The maximum absolute atomic E-state index is 14.3. The number of carbonyl (C=O) groups is 1. The largest absolute Gasteiger partial charge is 0.481 e. The van der Waals surface area contributed by atoms with Gasteiger partial charge in [-0.3, -0.25) is 0 Å². The molecular formula is C23H16F3NO3. The van der Waals surface area contributed by atoms with Crippen LogP contribution in [-0.4, -0.2) is 17.7 Å². The molecule has 0 aliphatic heterocycles. The highest BCUT2D eigenvalue weighted by Crippen LogP contribution is 2.28. The maximum Gasteiger partial charge on any atom is 0.341 e. The summed E-state index contributed by atoms with van der Waals surface area (Å²) in [6.07, 6.45) is 0.0610. The summed E-state index contributed by atoms with van der Waals surface area (Å²) in [5.74, 6) is -2.88. The lowest BCUT2D eigenvalue weighted by molar-refractivity contribution is -0.139. The van der Waals surface area contributed by atoms with E-state index in [4.69, 9.17) is 9.84 Å². The molecule has 0 amide bonds. The Morgan fingerprint density at radius 3 is 2.40 bits per heavy atom. The van der Waals surface area contributed by atoms with Gasteiger partial charge in [0.2, 0.25) is 0 Å². The third kappa shape index (κ3) is 4.78. The van der Waals surface area contributed by atoms with E-state index in [1.807, 2.05) is 6.07 Å². The standard InChI is InChI=1S/C23H16F3NO3/c24-17-3-1-2-14(11-17)15-5-7-20(25)16(10-15)4-6-18-19(12-27)22(9-8-21(18)26)30-13-23(28)29/h1-3,5,7-11H,4,6,13H2,(H,28,29). The maximum atomic E-state index is 14.3. The molecule has 0 heterocycles. The number of benzene rings is 3. The first kappa shape index (κ1) is 20.9. The second-order valence-electron chi connectivity index (χ2n) is 6.51. The molecule has 4 nitrogen and oxygen atoms in total. The summed E-state index contributed by atoms with van der Waals surface area (Å²) in [5.41, 5.74) is 1.33. The summed E-state index contributed by atoms with van der Waals surface area (Å²) < 4.78 is 47.2. The highest BCUT2D eigenvalue weighted by atomic mass is 19.1. The first-order valence-corrected chi connectivity index (χ1v) is 8.99. The molecule has 7 heteroatoms. The predicted molar refractivity (Wildman–Crippen MR) is 103 cm³/mol. The second-order valence-corrected chi connectivity index (χ2v) is 6.51. The van der Waals surface area contributed by atoms with E-state index in [0.29, 0.717) is 11.1 Å². The lowest BCUT2D eigenvalue weighted by atomic mass is 9.96. The molecule has 0 aliphatic rings. The number of nitriles is 1. The Hall–Kier alpha value is -3.79. The van der Waals surface area contributed by atoms with Gasteiger partial charge in [0.1, 0.15) is 34.8 Å². The molecule has 0 saturated carbocycles. The Morgan fingerprint density at radius 1 is 0.967 bits per heavy atom. The molecule has 3 rings (SSSR count). The number of hydrogen-bond acceptors (Lipinski definition) is 3. The molecule has 0 radical (unpaired) electrons. The molecule has 0 aliphatic carbocycles. The van der Waals surface area contributed by atoms with Gasteiger partial charge < -0.3 is 9.84 Å². The number of hydrogen-bond donors (Lipinski definition) is 1. The van der Waals surface area contributed by atoms with E-state index in [0.717, 1.165) is 6.07 Å². The molecule has 0 fully saturated rings. The molecule has 1 N–H and O–H groups in total. The molecule has 0 spiro atoms. The van der Waals surface area contributed by atoms with Crippen molar-refractivity contribution in [1.82, 2.24) is 0 Å². The molecule has 0 aromatic heterocycles. The Labute approximate surface area is 170 Å². The molecule has 152 valence electrons. The number of carboxylic acid groups (broad SMARTS) is 1. The van der Waals surface area contributed by atoms with Crippen molar-refractivity contribution >= 4 is 5.97 Å². The number of nitrogens with zero attached hydrogens (tertiary/aromatic N) is 1. The molecule has 0 atom stereocenters. The number of carboxylic acids is 1. The van der Waals surface area contributed by atoms with Crippen molar-refractivity contribution in [1.29, 1.82) is 5.26 Å². The fourth-order valence-corrected chi connectivity index (χ4v) is 3.10. The van der Waals surface area contributed by atoms with Crippen molar-refractivity contribution < 1.29 is 27.8 Å². The summed E-state index contributed by atoms with van der Waals surface area (Å²) in [5, 5.41) is 18.1. The van der Waals surface area contributed by atoms with E-state index < -0.39 is 30.0 Å². The Morgan fingerprint density at radius 2 is 1.70 bits per heavy atom. The van der Waals surface area contributed by atoms with Gasteiger partial charge in [0.05, 0.1) is 0 Å². The summed E-state index contributed by atoms with van der Waals surface area (Å²) >= 11 is 0. The van der Waals surface area contributed by atoms with Crippen LogP contribution in [0.15, 0.2) is 54.6 Å². The topological polar surface area (TPSA) is 70.3 Å². The SMILES string of the molecule is N#Cc1c(OCC(=O)O)ccc(F)c1CCc1cc(-c2cccc(F)c2)ccc1F. The van der Waals surface area contributed by atoms with Gasteiger partial charge in [-0.1, -0.05) is 18.2 Å². The van der Waals surface area contributed by atoms with Crippen LogP contribution < -0.4 is 4.74 Å². The van der Waals surface area contributed by atoms with Crippen LogP contribution in [0.4, 0.5) is 13.2 Å². The fourth-order valence-electron chi connectivity index (χ4n) is 3.10. The van der Waals surface area contributed by atoms with E-state index in [2.05, 4.69) is 0 Å². The van der Waals surface area contributed by atoms with Crippen LogP contribution in [0.25, 0.3) is 11.1 Å². The first-order chi connectivity index (χ1) is 14.4. The van der Waals surface area contributed by atoms with Crippen molar-refractivity contribution in [2.45, 2.75) is 12.8 Å². The summed E-state index contributed by atoms with van der Waals surface area (Å²) in [7, 11) is 0. The van der Waals surface area contributed by atoms with Crippen LogP contribution in [-0.2, 0) is 17.6 Å². The van der Waals surface area contributed by atoms with Gasteiger partial charge in [0, 0.05) is 5.56 Å². The van der Waals surface area contributed by atoms with Gasteiger partial charge >= 0.3 is 5.97 Å². The highest BCUT2D eigenvalue weighted by molar-refractivity contribution is 5.68. The predicted octanol–water partition coefficient (Wildman–Crippen LogP) is 4.89. The summed E-state index contributed by atoms with van der Waals surface area (Å²) in [6.45, 7) is -0.677. The molecule has 0 bridgehead atoms. The zero-order valence-electron chi connectivity index (χ0n) is 15.7. The molecule has 30 heavy (non-hydrogen) atoms. The summed E-state index contributed by atoms with van der Waals surface area (Å²) in [4.78, 5) is 10.7. The smallest absolute Gasteiger partial charge is 0.341 e. The molecule has 3 aromatic carbocycles. The van der Waals surface area contributed by atoms with Crippen molar-refractivity contribution in [3.63, 3.8) is 0 Å². The van der Waals surface area contributed by atoms with E-state index in [-0.39, 0.29) is 35.3 Å². The van der Waals surface area contributed by atoms with Crippen LogP contribution in [0, 0.1) is 28.8 Å². The van der Waals surface area contributed by atoms with Gasteiger partial charge in [0.15, 0.2) is 6.61 Å². The second kappa shape index (κ2) is 9.14. The highest BCUT2D eigenvalue weighted by Gasteiger charge is 2.16. The van der Waals surface area contributed by atoms with E-state index in [1.165, 1.54) is 30.3 Å². The average Bonchev–Trinajstić information content (AvgIpc) is 2.72. The van der Waals surface area contributed by atoms with Gasteiger partial charge in [-0.2, -0.15) is 5.26 Å². The van der Waals surface area contributed by atoms with E-state index in [1.54, 1.807) is 18.2 Å². The third-order valence-corrected chi connectivity index (χ3v) is 4.53. The number of aliphatic carboxylic acids is 1. The van der Waals surface area contributed by atoms with Gasteiger partial charge in [-0.25, -0.2) is 18.0 Å². The molecular weight excluding hydrogens is 395 g/mol. The van der Waals surface area contributed by atoms with Crippen molar-refractivity contribution in [3.05, 3.63) is 88.7 Å². The van der Waals surface area contributed by atoms with Crippen LogP contribution in [0.2, 0.25) is 0 Å². The molecule has 3 aromatic rings. The van der Waals surface area contributed by atoms with Gasteiger partial charge in [0.25, 0.3) is 0 Å². The van der Waals surface area contributed by atoms with Crippen LogP contribution in [0.5, 0.6) is 5.75 Å². The lowest BCUT2D eigenvalue weighted by Gasteiger charge is -2.12. The Balaban J connectivity index is 1.88. The van der Waals surface area contributed by atoms with E-state index in [9.17, 15) is 23.2 Å². The van der Waals surface area contributed by atoms with Crippen LogP contribution in [0.3, 0.4) is 0 Å². The first-order valence-electron chi connectivity index (χ1n) is 8.99. The third-order valence-electron chi connectivity index (χ3n) is 4.53. The number of rotatable bonds is 7. The lowest BCUT2D eigenvalue weighted by Crippen LogP contribution is -2.11. The fraction of sp³-hybridized carbons (Fsp3) is 0.130. The number of ether oxygens (including phenoxy) is 1. The van der Waals surface area contributed by atoms with Gasteiger partial charge in [-0.05, 0) is 65.9 Å².